The van der Waals surface area contributed by atoms with Gasteiger partial charge in [-0.3, -0.25) is 19.5 Å². The maximum Gasteiger partial charge on any atom is 0.316 e. The monoisotopic (exact) mass is 340 g/mol. The van der Waals surface area contributed by atoms with Crippen molar-refractivity contribution in [3.8, 4) is 11.4 Å². The second kappa shape index (κ2) is 5.99. The highest BCUT2D eigenvalue weighted by Crippen LogP contribution is 2.26. The number of nitrogens with zero attached hydrogens (tertiary/aromatic N) is 4. The van der Waals surface area contributed by atoms with Crippen molar-refractivity contribution in [3.05, 3.63) is 53.5 Å². The Kier molecular flexibility index (Phi) is 3.66. The molecule has 2 amide bonds. The summed E-state index contributed by atoms with van der Waals surface area (Å²) in [6.07, 6.45) is 1.70. The van der Waals surface area contributed by atoms with Crippen LogP contribution in [0.1, 0.15) is 12.2 Å². The summed E-state index contributed by atoms with van der Waals surface area (Å²) in [4.78, 5) is 31.3. The first kappa shape index (κ1) is 15.3. The summed E-state index contributed by atoms with van der Waals surface area (Å²) in [5.41, 5.74) is 4.06. The van der Waals surface area contributed by atoms with E-state index in [0.717, 1.165) is 0 Å². The number of hydrogen-bond acceptors (Lipinski definition) is 5. The number of rotatable bonds is 4. The van der Waals surface area contributed by atoms with Crippen LogP contribution in [0, 0.1) is 0 Å². The highest BCUT2D eigenvalue weighted by atomic mass is 19.1. The first-order valence-electron chi connectivity index (χ1n) is 7.74. The number of amides is 2. The van der Waals surface area contributed by atoms with Gasteiger partial charge < -0.3 is 9.42 Å². The maximum atomic E-state index is 12.8. The number of carbonyl (C=O) groups excluding carboxylic acids is 2. The van der Waals surface area contributed by atoms with Crippen LogP contribution in [0.5, 0.6) is 0 Å². The Balaban J connectivity index is 1.46. The quantitative estimate of drug-likeness (QED) is 0.624. The van der Waals surface area contributed by atoms with Gasteiger partial charge in [0.25, 0.3) is 0 Å². The summed E-state index contributed by atoms with van der Waals surface area (Å²) >= 11 is 0. The van der Waals surface area contributed by atoms with E-state index >= 15 is 0 Å². The second-order valence-corrected chi connectivity index (χ2v) is 5.73. The first-order valence-corrected chi connectivity index (χ1v) is 7.74. The molecular weight excluding hydrogens is 327 g/mol. The zero-order valence-electron chi connectivity index (χ0n) is 13.1. The van der Waals surface area contributed by atoms with Crippen molar-refractivity contribution in [1.29, 1.82) is 0 Å². The summed E-state index contributed by atoms with van der Waals surface area (Å²) < 4.78 is 18.0. The van der Waals surface area contributed by atoms with Crippen LogP contribution in [0.4, 0.5) is 4.39 Å². The van der Waals surface area contributed by atoms with Gasteiger partial charge in [-0.1, -0.05) is 17.0 Å². The van der Waals surface area contributed by atoms with Crippen LogP contribution in [0.25, 0.3) is 11.4 Å². The third-order valence-corrected chi connectivity index (χ3v) is 4.07. The van der Waals surface area contributed by atoms with E-state index in [4.69, 9.17) is 4.52 Å². The van der Waals surface area contributed by atoms with E-state index in [-0.39, 0.29) is 13.0 Å². The van der Waals surface area contributed by atoms with Crippen molar-refractivity contribution in [3.63, 3.8) is 0 Å². The molecule has 3 heterocycles. The maximum absolute atomic E-state index is 12.8. The summed E-state index contributed by atoms with van der Waals surface area (Å²) in [5, 5.41) is 3.94. The van der Waals surface area contributed by atoms with Crippen LogP contribution in [0.15, 0.2) is 52.2 Å². The fraction of sp³-hybridized carbons (Fsp3) is 0.235. The minimum absolute atomic E-state index is 0.0502. The molecule has 0 saturated carbocycles. The van der Waals surface area contributed by atoms with Gasteiger partial charge in [-0.15, -0.1) is 0 Å². The Hall–Kier alpha value is -3.25. The van der Waals surface area contributed by atoms with Crippen LogP contribution >= 0.6 is 0 Å². The van der Waals surface area contributed by atoms with E-state index in [2.05, 4.69) is 15.9 Å². The predicted molar refractivity (Wildman–Crippen MR) is 83.1 cm³/mol. The van der Waals surface area contributed by atoms with Crippen LogP contribution in [0.2, 0.25) is 0 Å². The molecule has 1 aliphatic heterocycles. The minimum Gasteiger partial charge on any atom is -0.359 e. The number of aromatic nitrogens is 2. The summed E-state index contributed by atoms with van der Waals surface area (Å²) in [6, 6.07) is 7.13. The van der Waals surface area contributed by atoms with Crippen molar-refractivity contribution >= 4 is 11.8 Å². The van der Waals surface area contributed by atoms with E-state index in [1.807, 2.05) is 6.07 Å². The van der Waals surface area contributed by atoms with Gasteiger partial charge in [0.2, 0.25) is 0 Å². The third-order valence-electron chi connectivity index (χ3n) is 4.07. The molecule has 25 heavy (non-hydrogen) atoms. The number of halogens is 1. The van der Waals surface area contributed by atoms with Crippen LogP contribution in [-0.2, 0) is 16.1 Å². The molecule has 0 unspecified atom stereocenters. The van der Waals surface area contributed by atoms with E-state index in [1.165, 1.54) is 9.80 Å². The lowest BCUT2D eigenvalue weighted by molar-refractivity contribution is -0.155. The van der Waals surface area contributed by atoms with Gasteiger partial charge in [0, 0.05) is 25.4 Å². The van der Waals surface area contributed by atoms with Crippen molar-refractivity contribution in [2.24, 2.45) is 0 Å². The van der Waals surface area contributed by atoms with Crippen LogP contribution < -0.4 is 0 Å². The van der Waals surface area contributed by atoms with Crippen LogP contribution in [0.3, 0.4) is 0 Å². The van der Waals surface area contributed by atoms with Gasteiger partial charge in [0.05, 0.1) is 24.4 Å². The molecule has 2 aromatic rings. The highest BCUT2D eigenvalue weighted by molar-refractivity contribution is 6.35. The van der Waals surface area contributed by atoms with Crippen LogP contribution in [-0.4, -0.2) is 44.8 Å². The Bertz CT molecular complexity index is 915. The van der Waals surface area contributed by atoms with Crippen molar-refractivity contribution in [2.75, 3.05) is 13.1 Å². The minimum atomic E-state index is -0.675. The SMILES string of the molecule is O=C1C(=O)N(C2=C=C(F)C2)CCN1Cc1cc(-c2ccccn2)no1. The topological polar surface area (TPSA) is 79.5 Å². The molecule has 2 aromatic heterocycles. The van der Waals surface area contributed by atoms with Gasteiger partial charge in [-0.2, -0.15) is 0 Å². The molecular formula is C17H13FN4O3. The van der Waals surface area contributed by atoms with Crippen molar-refractivity contribution in [1.82, 2.24) is 19.9 Å². The summed E-state index contributed by atoms with van der Waals surface area (Å²) in [5.74, 6) is -1.26. The molecule has 0 aromatic carbocycles. The fourth-order valence-electron chi connectivity index (χ4n) is 2.74. The Labute approximate surface area is 142 Å². The molecule has 1 aliphatic carbocycles. The molecule has 0 bridgehead atoms. The number of carbonyl (C=O) groups is 2. The Morgan fingerprint density at radius 3 is 2.76 bits per heavy atom. The molecule has 1 fully saturated rings. The van der Waals surface area contributed by atoms with Gasteiger partial charge in [0.15, 0.2) is 11.6 Å². The molecule has 0 atom stereocenters. The average Bonchev–Trinajstić information content (AvgIpc) is 3.06. The second-order valence-electron chi connectivity index (χ2n) is 5.73. The van der Waals surface area contributed by atoms with Gasteiger partial charge in [-0.25, -0.2) is 4.39 Å². The normalized spacial score (nSPS) is 17.3. The predicted octanol–water partition coefficient (Wildman–Crippen LogP) is 1.65. The summed E-state index contributed by atoms with van der Waals surface area (Å²) in [6.45, 7) is 0.778. The molecule has 8 heteroatoms. The van der Waals surface area contributed by atoms with E-state index in [1.54, 1.807) is 24.4 Å². The molecule has 0 spiro atoms. The molecule has 0 N–H and O–H groups in total. The molecule has 7 nitrogen and oxygen atoms in total. The zero-order chi connectivity index (χ0) is 17.4. The van der Waals surface area contributed by atoms with Crippen molar-refractivity contribution in [2.45, 2.75) is 13.0 Å². The average molecular weight is 340 g/mol. The van der Waals surface area contributed by atoms with E-state index < -0.39 is 17.6 Å². The van der Waals surface area contributed by atoms with Gasteiger partial charge >= 0.3 is 11.8 Å². The highest BCUT2D eigenvalue weighted by Gasteiger charge is 2.36. The largest absolute Gasteiger partial charge is 0.359 e. The molecule has 1 saturated heterocycles. The van der Waals surface area contributed by atoms with Gasteiger partial charge in [0.1, 0.15) is 5.69 Å². The standard InChI is InChI=1S/C17H13FN4O3/c18-11-7-12(8-11)22-6-5-21(16(23)17(22)24)10-13-9-15(20-25-13)14-3-1-2-4-19-14/h1-4,9H,5-7,10H2. The number of piperazine rings is 1. The van der Waals surface area contributed by atoms with E-state index in [9.17, 15) is 14.0 Å². The number of pyridine rings is 1. The Morgan fingerprint density at radius 1 is 1.20 bits per heavy atom. The lowest BCUT2D eigenvalue weighted by atomic mass is 10.1. The molecule has 126 valence electrons. The van der Waals surface area contributed by atoms with Gasteiger partial charge in [-0.05, 0) is 12.1 Å². The zero-order valence-corrected chi connectivity index (χ0v) is 13.1. The fourth-order valence-corrected chi connectivity index (χ4v) is 2.74. The third kappa shape index (κ3) is 2.83. The Morgan fingerprint density at radius 2 is 2.04 bits per heavy atom. The van der Waals surface area contributed by atoms with E-state index in [0.29, 0.717) is 35.9 Å². The first-order chi connectivity index (χ1) is 12.1. The lowest BCUT2D eigenvalue weighted by Crippen LogP contribution is -2.53. The molecule has 4 rings (SSSR count). The lowest BCUT2D eigenvalue weighted by Gasteiger charge is -2.34. The smallest absolute Gasteiger partial charge is 0.316 e. The summed E-state index contributed by atoms with van der Waals surface area (Å²) in [7, 11) is 0. The van der Waals surface area contributed by atoms with Crippen molar-refractivity contribution < 1.29 is 18.5 Å². The molecule has 0 radical (unpaired) electrons. The molecule has 2 aliphatic rings. The number of hydrogen-bond donors (Lipinski definition) is 0.